The van der Waals surface area contributed by atoms with E-state index in [4.69, 9.17) is 27.9 Å². The van der Waals surface area contributed by atoms with Crippen molar-refractivity contribution in [3.8, 4) is 6.07 Å². The standard InChI is InChI=1S/C17H18Cl2N2O3/c1-9-10(7-20)15(14-11(18)5-4-6-12(14)19)17(2,16(22)23)13(21-9)8-24-3/h4-6,10,13,15H,8H2,1-3H3,(H,22,23). The highest BCUT2D eigenvalue weighted by Gasteiger charge is 2.56. The lowest BCUT2D eigenvalue weighted by atomic mass is 9.61. The Bertz CT molecular complexity index is 709. The van der Waals surface area contributed by atoms with Gasteiger partial charge in [-0.3, -0.25) is 9.79 Å². The Kier molecular flexibility index (Phi) is 5.54. The van der Waals surface area contributed by atoms with Gasteiger partial charge < -0.3 is 9.84 Å². The molecule has 1 aromatic rings. The van der Waals surface area contributed by atoms with Gasteiger partial charge in [-0.2, -0.15) is 5.26 Å². The quantitative estimate of drug-likeness (QED) is 0.875. The van der Waals surface area contributed by atoms with Gasteiger partial charge in [0.25, 0.3) is 0 Å². The minimum absolute atomic E-state index is 0.122. The normalized spacial score (nSPS) is 29.7. The molecule has 7 heteroatoms. The number of hydrogen-bond donors (Lipinski definition) is 1. The third-order valence-electron chi connectivity index (χ3n) is 4.72. The van der Waals surface area contributed by atoms with Crippen LogP contribution < -0.4 is 0 Å². The summed E-state index contributed by atoms with van der Waals surface area (Å²) in [5.74, 6) is -2.54. The third kappa shape index (κ3) is 2.90. The number of nitrogens with zero attached hydrogens (tertiary/aromatic N) is 2. The molecule has 1 heterocycles. The van der Waals surface area contributed by atoms with Crippen molar-refractivity contribution in [1.82, 2.24) is 0 Å². The number of nitriles is 1. The molecule has 2 rings (SSSR count). The highest BCUT2D eigenvalue weighted by molar-refractivity contribution is 6.36. The van der Waals surface area contributed by atoms with Crippen LogP contribution in [0.25, 0.3) is 0 Å². The average Bonchev–Trinajstić information content (AvgIpc) is 2.51. The topological polar surface area (TPSA) is 82.7 Å². The summed E-state index contributed by atoms with van der Waals surface area (Å²) in [5.41, 5.74) is -0.364. The predicted molar refractivity (Wildman–Crippen MR) is 92.8 cm³/mol. The van der Waals surface area contributed by atoms with Crippen molar-refractivity contribution >= 4 is 34.9 Å². The van der Waals surface area contributed by atoms with E-state index in [2.05, 4.69) is 11.1 Å². The van der Waals surface area contributed by atoms with Crippen LogP contribution >= 0.6 is 23.2 Å². The third-order valence-corrected chi connectivity index (χ3v) is 5.38. The second kappa shape index (κ2) is 7.10. The van der Waals surface area contributed by atoms with Gasteiger partial charge in [0.1, 0.15) is 0 Å². The summed E-state index contributed by atoms with van der Waals surface area (Å²) in [6.07, 6.45) is 0. The molecule has 0 amide bonds. The van der Waals surface area contributed by atoms with Crippen LogP contribution in [0, 0.1) is 22.7 Å². The van der Waals surface area contributed by atoms with Gasteiger partial charge in [0.2, 0.25) is 0 Å². The van der Waals surface area contributed by atoms with Gasteiger partial charge in [-0.1, -0.05) is 29.3 Å². The van der Waals surface area contributed by atoms with Crippen molar-refractivity contribution in [1.29, 1.82) is 5.26 Å². The Morgan fingerprint density at radius 3 is 2.50 bits per heavy atom. The number of aliphatic imine (C=N–C) groups is 1. The SMILES string of the molecule is COCC1N=C(C)C(C#N)C(c2c(Cl)cccc2Cl)C1(C)C(=O)O. The molecule has 0 spiro atoms. The summed E-state index contributed by atoms with van der Waals surface area (Å²) in [5, 5.41) is 20.3. The summed E-state index contributed by atoms with van der Waals surface area (Å²) in [7, 11) is 1.49. The van der Waals surface area contributed by atoms with Crippen LogP contribution in [0.3, 0.4) is 0 Å². The second-order valence-corrected chi connectivity index (χ2v) is 6.86. The molecule has 0 aliphatic carbocycles. The average molecular weight is 369 g/mol. The molecule has 5 nitrogen and oxygen atoms in total. The first kappa shape index (κ1) is 18.7. The lowest BCUT2D eigenvalue weighted by Gasteiger charge is -2.44. The largest absolute Gasteiger partial charge is 0.481 e. The number of carboxylic acids is 1. The van der Waals surface area contributed by atoms with Crippen LogP contribution in [0.1, 0.15) is 25.3 Å². The maximum absolute atomic E-state index is 12.2. The van der Waals surface area contributed by atoms with E-state index in [1.165, 1.54) is 7.11 Å². The van der Waals surface area contributed by atoms with Crippen LogP contribution in [0.4, 0.5) is 0 Å². The molecule has 0 bridgehead atoms. The lowest BCUT2D eigenvalue weighted by molar-refractivity contribution is -0.152. The molecule has 0 radical (unpaired) electrons. The smallest absolute Gasteiger partial charge is 0.312 e. The van der Waals surface area contributed by atoms with Gasteiger partial charge in [-0.05, 0) is 31.5 Å². The maximum Gasteiger partial charge on any atom is 0.312 e. The maximum atomic E-state index is 12.2. The van der Waals surface area contributed by atoms with E-state index in [0.29, 0.717) is 21.3 Å². The first-order valence-electron chi connectivity index (χ1n) is 7.39. The number of halogens is 2. The Morgan fingerprint density at radius 2 is 2.04 bits per heavy atom. The van der Waals surface area contributed by atoms with E-state index in [9.17, 15) is 15.2 Å². The summed E-state index contributed by atoms with van der Waals surface area (Å²) < 4.78 is 5.17. The molecule has 24 heavy (non-hydrogen) atoms. The Hall–Kier alpha value is -1.61. The zero-order chi connectivity index (χ0) is 18.1. The first-order valence-corrected chi connectivity index (χ1v) is 8.14. The van der Waals surface area contributed by atoms with E-state index >= 15 is 0 Å². The van der Waals surface area contributed by atoms with Crippen molar-refractivity contribution < 1.29 is 14.6 Å². The number of hydrogen-bond acceptors (Lipinski definition) is 4. The van der Waals surface area contributed by atoms with E-state index in [0.717, 1.165) is 0 Å². The van der Waals surface area contributed by atoms with E-state index < -0.39 is 29.3 Å². The molecule has 1 aromatic carbocycles. The number of carboxylic acid groups (broad SMARTS) is 1. The number of carbonyl (C=O) groups is 1. The van der Waals surface area contributed by atoms with Crippen molar-refractivity contribution in [2.45, 2.75) is 25.8 Å². The van der Waals surface area contributed by atoms with E-state index in [1.807, 2.05) is 0 Å². The van der Waals surface area contributed by atoms with E-state index in [1.54, 1.807) is 32.0 Å². The predicted octanol–water partition coefficient (Wildman–Crippen LogP) is 3.80. The summed E-state index contributed by atoms with van der Waals surface area (Å²) >= 11 is 12.7. The molecular weight excluding hydrogens is 351 g/mol. The number of ether oxygens (including phenoxy) is 1. The number of rotatable bonds is 4. The van der Waals surface area contributed by atoms with Gasteiger partial charge in [0.15, 0.2) is 0 Å². The van der Waals surface area contributed by atoms with Crippen LogP contribution in [-0.2, 0) is 9.53 Å². The van der Waals surface area contributed by atoms with Crippen LogP contribution in [0.2, 0.25) is 10.0 Å². The van der Waals surface area contributed by atoms with Crippen LogP contribution in [-0.4, -0.2) is 36.5 Å². The molecule has 0 fully saturated rings. The van der Waals surface area contributed by atoms with Gasteiger partial charge in [0.05, 0.1) is 30.1 Å². The van der Waals surface area contributed by atoms with Crippen LogP contribution in [0.15, 0.2) is 23.2 Å². The Morgan fingerprint density at radius 1 is 1.46 bits per heavy atom. The number of aliphatic carboxylic acids is 1. The fourth-order valence-electron chi connectivity index (χ4n) is 3.34. The molecular formula is C17H18Cl2N2O3. The highest BCUT2D eigenvalue weighted by Crippen LogP contribution is 2.52. The first-order chi connectivity index (χ1) is 11.3. The minimum Gasteiger partial charge on any atom is -0.481 e. The molecule has 0 saturated heterocycles. The molecule has 4 atom stereocenters. The second-order valence-electron chi connectivity index (χ2n) is 6.05. The summed E-state index contributed by atoms with van der Waals surface area (Å²) in [6.45, 7) is 3.41. The minimum atomic E-state index is -1.38. The molecule has 1 aliphatic heterocycles. The summed E-state index contributed by atoms with van der Waals surface area (Å²) in [4.78, 5) is 16.7. The fourth-order valence-corrected chi connectivity index (χ4v) is 3.97. The zero-order valence-electron chi connectivity index (χ0n) is 13.6. The van der Waals surface area contributed by atoms with Crippen LogP contribution in [0.5, 0.6) is 0 Å². The van der Waals surface area contributed by atoms with Crippen molar-refractivity contribution in [3.63, 3.8) is 0 Å². The van der Waals surface area contributed by atoms with Crippen molar-refractivity contribution in [2.75, 3.05) is 13.7 Å². The Labute approximate surface area is 150 Å². The van der Waals surface area contributed by atoms with Crippen molar-refractivity contribution in [3.05, 3.63) is 33.8 Å². The molecule has 4 unspecified atom stereocenters. The monoisotopic (exact) mass is 368 g/mol. The number of benzene rings is 1. The zero-order valence-corrected chi connectivity index (χ0v) is 15.1. The Balaban J connectivity index is 2.78. The van der Waals surface area contributed by atoms with Gasteiger partial charge >= 0.3 is 5.97 Å². The highest BCUT2D eigenvalue weighted by atomic mass is 35.5. The van der Waals surface area contributed by atoms with Gasteiger partial charge in [0, 0.05) is 28.8 Å². The van der Waals surface area contributed by atoms with Gasteiger partial charge in [-0.25, -0.2) is 0 Å². The fraction of sp³-hybridized carbons (Fsp3) is 0.471. The van der Waals surface area contributed by atoms with Crippen molar-refractivity contribution in [2.24, 2.45) is 16.3 Å². The molecule has 0 aromatic heterocycles. The van der Waals surface area contributed by atoms with Gasteiger partial charge in [-0.15, -0.1) is 0 Å². The lowest BCUT2D eigenvalue weighted by Crippen LogP contribution is -2.52. The summed E-state index contributed by atoms with van der Waals surface area (Å²) in [6, 6.07) is 6.50. The van der Waals surface area contributed by atoms with E-state index in [-0.39, 0.29) is 6.61 Å². The molecule has 1 N–H and O–H groups in total. The molecule has 1 aliphatic rings. The molecule has 0 saturated carbocycles. The number of methoxy groups -OCH3 is 1. The molecule has 128 valence electrons.